The number of hydrogen-bond donors (Lipinski definition) is 1. The molecule has 0 aliphatic heterocycles. The molecule has 0 fully saturated rings. The van der Waals surface area contributed by atoms with Crippen molar-refractivity contribution in [1.82, 2.24) is 5.43 Å². The van der Waals surface area contributed by atoms with E-state index in [-0.39, 0.29) is 11.4 Å². The number of hydrogen-bond acceptors (Lipinski definition) is 7. The van der Waals surface area contributed by atoms with Crippen LogP contribution in [0.2, 0.25) is 0 Å². The Morgan fingerprint density at radius 1 is 1.18 bits per heavy atom. The fourth-order valence-corrected chi connectivity index (χ4v) is 2.29. The van der Waals surface area contributed by atoms with Gasteiger partial charge in [0, 0.05) is 6.07 Å². The normalized spacial score (nSPS) is 10.5. The van der Waals surface area contributed by atoms with Gasteiger partial charge >= 0.3 is 5.69 Å². The van der Waals surface area contributed by atoms with Crippen molar-refractivity contribution < 1.29 is 23.9 Å². The van der Waals surface area contributed by atoms with Gasteiger partial charge in [0.1, 0.15) is 0 Å². The first-order chi connectivity index (χ1) is 13.4. The zero-order valence-corrected chi connectivity index (χ0v) is 15.8. The predicted molar refractivity (Wildman–Crippen MR) is 103 cm³/mol. The van der Waals surface area contributed by atoms with Crippen LogP contribution in [0.4, 0.5) is 5.69 Å². The maximum Gasteiger partial charge on any atom is 0.311 e. The molecule has 0 bridgehead atoms. The second kappa shape index (κ2) is 9.91. The fraction of sp³-hybridized carbons (Fsp3) is 0.263. The number of hydrazone groups is 1. The van der Waals surface area contributed by atoms with E-state index in [0.29, 0.717) is 23.7 Å². The SMILES string of the molecule is CCOc1cc(C=NNC(=O)COc2ccc(C)cc2[N+](=O)[O-])ccc1OC. The molecular formula is C19H21N3O6. The lowest BCUT2D eigenvalue weighted by atomic mass is 10.2. The molecule has 9 nitrogen and oxygen atoms in total. The number of rotatable bonds is 9. The molecule has 0 spiro atoms. The number of carbonyl (C=O) groups is 1. The molecule has 1 amide bonds. The van der Waals surface area contributed by atoms with Crippen molar-refractivity contribution in [2.45, 2.75) is 13.8 Å². The largest absolute Gasteiger partial charge is 0.493 e. The molecule has 1 N–H and O–H groups in total. The molecule has 0 radical (unpaired) electrons. The van der Waals surface area contributed by atoms with Crippen LogP contribution in [0.3, 0.4) is 0 Å². The molecule has 0 heterocycles. The second-order valence-corrected chi connectivity index (χ2v) is 5.65. The van der Waals surface area contributed by atoms with Gasteiger partial charge in [0.15, 0.2) is 23.9 Å². The Hall–Kier alpha value is -3.62. The number of nitro groups is 1. The average Bonchev–Trinajstić information content (AvgIpc) is 2.67. The highest BCUT2D eigenvalue weighted by Gasteiger charge is 2.16. The van der Waals surface area contributed by atoms with E-state index in [2.05, 4.69) is 10.5 Å². The first kappa shape index (κ1) is 20.7. The summed E-state index contributed by atoms with van der Waals surface area (Å²) < 4.78 is 15.9. The Morgan fingerprint density at radius 2 is 1.93 bits per heavy atom. The molecule has 0 saturated carbocycles. The van der Waals surface area contributed by atoms with Crippen molar-refractivity contribution in [3.05, 3.63) is 57.6 Å². The highest BCUT2D eigenvalue weighted by atomic mass is 16.6. The lowest BCUT2D eigenvalue weighted by Gasteiger charge is -2.09. The Bertz CT molecular complexity index is 882. The minimum atomic E-state index is -0.558. The van der Waals surface area contributed by atoms with Gasteiger partial charge in [-0.1, -0.05) is 6.07 Å². The number of methoxy groups -OCH3 is 1. The van der Waals surface area contributed by atoms with Crippen molar-refractivity contribution in [2.75, 3.05) is 20.3 Å². The van der Waals surface area contributed by atoms with Crippen LogP contribution < -0.4 is 19.6 Å². The molecule has 9 heteroatoms. The number of amides is 1. The molecule has 28 heavy (non-hydrogen) atoms. The predicted octanol–water partition coefficient (Wildman–Crippen LogP) is 2.84. The summed E-state index contributed by atoms with van der Waals surface area (Å²) >= 11 is 0. The summed E-state index contributed by atoms with van der Waals surface area (Å²) in [6.45, 7) is 3.66. The minimum Gasteiger partial charge on any atom is -0.493 e. The van der Waals surface area contributed by atoms with E-state index < -0.39 is 17.4 Å². The molecule has 0 aromatic heterocycles. The third-order valence-corrected chi connectivity index (χ3v) is 3.56. The summed E-state index contributed by atoms with van der Waals surface area (Å²) in [4.78, 5) is 22.4. The molecule has 0 aliphatic carbocycles. The van der Waals surface area contributed by atoms with Crippen molar-refractivity contribution >= 4 is 17.8 Å². The highest BCUT2D eigenvalue weighted by molar-refractivity contribution is 5.83. The quantitative estimate of drug-likeness (QED) is 0.402. The second-order valence-electron chi connectivity index (χ2n) is 5.65. The van der Waals surface area contributed by atoms with Gasteiger partial charge in [0.05, 0.1) is 24.9 Å². The van der Waals surface area contributed by atoms with Gasteiger partial charge in [-0.3, -0.25) is 14.9 Å². The molecule has 2 aromatic carbocycles. The average molecular weight is 387 g/mol. The monoisotopic (exact) mass is 387 g/mol. The summed E-state index contributed by atoms with van der Waals surface area (Å²) in [5.74, 6) is 0.627. The van der Waals surface area contributed by atoms with Crippen LogP contribution in [0.15, 0.2) is 41.5 Å². The van der Waals surface area contributed by atoms with Gasteiger partial charge in [0.2, 0.25) is 0 Å². The van der Waals surface area contributed by atoms with Crippen molar-refractivity contribution in [2.24, 2.45) is 5.10 Å². The van der Waals surface area contributed by atoms with E-state index in [0.717, 1.165) is 5.56 Å². The van der Waals surface area contributed by atoms with E-state index in [4.69, 9.17) is 14.2 Å². The third-order valence-electron chi connectivity index (χ3n) is 3.56. The number of nitrogens with one attached hydrogen (secondary N) is 1. The molecule has 0 unspecified atom stereocenters. The zero-order chi connectivity index (χ0) is 20.5. The van der Waals surface area contributed by atoms with Gasteiger partial charge in [-0.2, -0.15) is 5.10 Å². The van der Waals surface area contributed by atoms with Crippen LogP contribution in [0, 0.1) is 17.0 Å². The lowest BCUT2D eigenvalue weighted by Crippen LogP contribution is -2.24. The first-order valence-corrected chi connectivity index (χ1v) is 8.45. The number of carbonyl (C=O) groups excluding carboxylic acids is 1. The zero-order valence-electron chi connectivity index (χ0n) is 15.8. The fourth-order valence-electron chi connectivity index (χ4n) is 2.29. The van der Waals surface area contributed by atoms with Crippen LogP contribution in [-0.4, -0.2) is 37.4 Å². The molecule has 2 aromatic rings. The Morgan fingerprint density at radius 3 is 2.61 bits per heavy atom. The minimum absolute atomic E-state index is 0.0197. The maximum atomic E-state index is 11.9. The molecule has 148 valence electrons. The molecule has 0 saturated heterocycles. The number of nitro benzene ring substituents is 1. The number of nitrogens with zero attached hydrogens (tertiary/aromatic N) is 2. The lowest BCUT2D eigenvalue weighted by molar-refractivity contribution is -0.385. The smallest absolute Gasteiger partial charge is 0.311 e. The third kappa shape index (κ3) is 5.70. The van der Waals surface area contributed by atoms with Crippen LogP contribution in [0.25, 0.3) is 0 Å². The Kier molecular flexibility index (Phi) is 7.32. The van der Waals surface area contributed by atoms with E-state index in [1.807, 2.05) is 6.92 Å². The van der Waals surface area contributed by atoms with E-state index >= 15 is 0 Å². The van der Waals surface area contributed by atoms with E-state index in [9.17, 15) is 14.9 Å². The van der Waals surface area contributed by atoms with Crippen molar-refractivity contribution in [3.8, 4) is 17.2 Å². The van der Waals surface area contributed by atoms with Crippen LogP contribution in [-0.2, 0) is 4.79 Å². The number of benzene rings is 2. The molecule has 0 aliphatic rings. The van der Waals surface area contributed by atoms with Crippen LogP contribution in [0.5, 0.6) is 17.2 Å². The molecule has 2 rings (SSSR count). The standard InChI is InChI=1S/C19H21N3O6/c1-4-27-18-10-14(6-8-17(18)26-3)11-20-21-19(23)12-28-16-7-5-13(2)9-15(16)22(24)25/h5-11H,4,12H2,1-3H3,(H,21,23). The molecule has 0 atom stereocenters. The van der Waals surface area contributed by atoms with Gasteiger partial charge in [-0.15, -0.1) is 0 Å². The summed E-state index contributed by atoms with van der Waals surface area (Å²) in [6, 6.07) is 9.71. The summed E-state index contributed by atoms with van der Waals surface area (Å²) in [5.41, 5.74) is 3.52. The summed E-state index contributed by atoms with van der Waals surface area (Å²) in [7, 11) is 1.55. The van der Waals surface area contributed by atoms with Gasteiger partial charge < -0.3 is 14.2 Å². The Labute approximate surface area is 162 Å². The first-order valence-electron chi connectivity index (χ1n) is 8.45. The number of aryl methyl sites for hydroxylation is 1. The van der Waals surface area contributed by atoms with Crippen molar-refractivity contribution in [1.29, 1.82) is 0 Å². The Balaban J connectivity index is 1.94. The summed E-state index contributed by atoms with van der Waals surface area (Å²) in [5, 5.41) is 14.9. The number of ether oxygens (including phenoxy) is 3. The highest BCUT2D eigenvalue weighted by Crippen LogP contribution is 2.28. The van der Waals surface area contributed by atoms with Crippen LogP contribution in [0.1, 0.15) is 18.1 Å². The maximum absolute atomic E-state index is 11.9. The van der Waals surface area contributed by atoms with Crippen LogP contribution >= 0.6 is 0 Å². The van der Waals surface area contributed by atoms with Gasteiger partial charge in [0.25, 0.3) is 5.91 Å². The molecular weight excluding hydrogens is 366 g/mol. The topological polar surface area (TPSA) is 112 Å². The van der Waals surface area contributed by atoms with Gasteiger partial charge in [-0.25, -0.2) is 5.43 Å². The van der Waals surface area contributed by atoms with Gasteiger partial charge in [-0.05, 0) is 49.2 Å². The van der Waals surface area contributed by atoms with Crippen molar-refractivity contribution in [3.63, 3.8) is 0 Å². The summed E-state index contributed by atoms with van der Waals surface area (Å²) in [6.07, 6.45) is 1.44. The van der Waals surface area contributed by atoms with E-state index in [1.54, 1.807) is 38.3 Å². The van der Waals surface area contributed by atoms with E-state index in [1.165, 1.54) is 18.3 Å².